The van der Waals surface area contributed by atoms with Crippen molar-refractivity contribution in [2.24, 2.45) is 5.10 Å². The van der Waals surface area contributed by atoms with Crippen LogP contribution in [-0.4, -0.2) is 21.0 Å². The van der Waals surface area contributed by atoms with Crippen molar-refractivity contribution in [1.29, 1.82) is 0 Å². The van der Waals surface area contributed by atoms with Gasteiger partial charge < -0.3 is 5.32 Å². The summed E-state index contributed by atoms with van der Waals surface area (Å²) in [6.45, 7) is 5.92. The molecule has 0 unspecified atom stereocenters. The summed E-state index contributed by atoms with van der Waals surface area (Å²) in [6.07, 6.45) is 1.74. The standard InChI is InChI=1S/C37H27N5O2S/c1-21-15-16-24(19-22(21)2)42-37(44)28(23(3)40-42)20-38-30-12-5-7-14-33(30)45-32-18-17-26-34-25(32)9-8-10-27(34)36(43)41-31-13-6-4-11-29(31)39-35(26)41/h4-20,38H,1-3H3/b28-20+. The summed E-state index contributed by atoms with van der Waals surface area (Å²) < 4.78 is 1.72. The van der Waals surface area contributed by atoms with Crippen molar-refractivity contribution in [3.63, 3.8) is 0 Å². The summed E-state index contributed by atoms with van der Waals surface area (Å²) in [5.41, 5.74) is 7.25. The van der Waals surface area contributed by atoms with Crippen LogP contribution in [0.1, 0.15) is 18.1 Å². The van der Waals surface area contributed by atoms with Gasteiger partial charge in [-0.25, -0.2) is 4.98 Å². The van der Waals surface area contributed by atoms with Gasteiger partial charge in [0, 0.05) is 32.1 Å². The lowest BCUT2D eigenvalue weighted by Crippen LogP contribution is -2.22. The maximum Gasteiger partial charge on any atom is 0.282 e. The van der Waals surface area contributed by atoms with E-state index >= 15 is 0 Å². The van der Waals surface area contributed by atoms with Crippen LogP contribution in [0.15, 0.2) is 129 Å². The van der Waals surface area contributed by atoms with Crippen LogP contribution in [0.2, 0.25) is 0 Å². The van der Waals surface area contributed by atoms with Crippen molar-refractivity contribution in [1.82, 2.24) is 9.38 Å². The number of nitrogens with one attached hydrogen (secondary N) is 1. The highest BCUT2D eigenvalue weighted by molar-refractivity contribution is 7.99. The number of benzene rings is 5. The number of hydrogen-bond donors (Lipinski definition) is 1. The Morgan fingerprint density at radius 1 is 0.756 bits per heavy atom. The molecule has 5 aromatic carbocycles. The summed E-state index contributed by atoms with van der Waals surface area (Å²) in [7, 11) is 0. The molecule has 0 fully saturated rings. The fourth-order valence-electron chi connectivity index (χ4n) is 6.03. The first-order valence-corrected chi connectivity index (χ1v) is 15.5. The van der Waals surface area contributed by atoms with Crippen molar-refractivity contribution in [2.45, 2.75) is 30.6 Å². The number of amides is 1. The molecule has 7 nitrogen and oxygen atoms in total. The van der Waals surface area contributed by atoms with Gasteiger partial charge in [0.05, 0.1) is 33.7 Å². The molecule has 45 heavy (non-hydrogen) atoms. The van der Waals surface area contributed by atoms with Crippen molar-refractivity contribution >= 4 is 73.0 Å². The van der Waals surface area contributed by atoms with Gasteiger partial charge in [0.1, 0.15) is 5.65 Å². The Morgan fingerprint density at radius 3 is 2.42 bits per heavy atom. The zero-order valence-electron chi connectivity index (χ0n) is 24.8. The number of aryl methyl sites for hydroxylation is 2. The lowest BCUT2D eigenvalue weighted by atomic mass is 10.0. The molecule has 0 saturated carbocycles. The molecule has 0 spiro atoms. The molecule has 1 aliphatic heterocycles. The maximum absolute atomic E-state index is 13.8. The Kier molecular flexibility index (Phi) is 6.21. The molecule has 0 aliphatic carbocycles. The molecule has 7 aromatic rings. The molecule has 3 heterocycles. The van der Waals surface area contributed by atoms with Gasteiger partial charge >= 0.3 is 0 Å². The largest absolute Gasteiger partial charge is 0.360 e. The third-order valence-electron chi connectivity index (χ3n) is 8.51. The molecule has 0 bridgehead atoms. The molecule has 0 saturated heterocycles. The fraction of sp³-hybridized carbons (Fsp3) is 0.0811. The number of para-hydroxylation sites is 3. The van der Waals surface area contributed by atoms with E-state index in [2.05, 4.69) is 28.6 Å². The molecule has 218 valence electrons. The van der Waals surface area contributed by atoms with Crippen LogP contribution in [0.3, 0.4) is 0 Å². The van der Waals surface area contributed by atoms with Gasteiger partial charge in [0.15, 0.2) is 0 Å². The lowest BCUT2D eigenvalue weighted by Gasteiger charge is -2.14. The van der Waals surface area contributed by atoms with Gasteiger partial charge in [-0.05, 0) is 91.9 Å². The fourth-order valence-corrected chi connectivity index (χ4v) is 7.06. The van der Waals surface area contributed by atoms with Crippen LogP contribution < -0.4 is 15.9 Å². The Balaban J connectivity index is 1.15. The van der Waals surface area contributed by atoms with E-state index in [1.165, 1.54) is 10.6 Å². The summed E-state index contributed by atoms with van der Waals surface area (Å²) in [4.78, 5) is 34.0. The number of pyridine rings is 1. The highest BCUT2D eigenvalue weighted by Gasteiger charge is 2.29. The van der Waals surface area contributed by atoms with E-state index in [9.17, 15) is 9.59 Å². The Hall–Kier alpha value is -5.47. The molecular weight excluding hydrogens is 579 g/mol. The second kappa shape index (κ2) is 10.3. The maximum atomic E-state index is 13.8. The average Bonchev–Trinajstić information content (AvgIpc) is 3.58. The zero-order valence-corrected chi connectivity index (χ0v) is 25.6. The normalized spacial score (nSPS) is 14.5. The molecule has 1 N–H and O–H groups in total. The van der Waals surface area contributed by atoms with E-state index in [1.807, 2.05) is 99.6 Å². The number of anilines is 2. The summed E-state index contributed by atoms with van der Waals surface area (Å²) >= 11 is 1.61. The van der Waals surface area contributed by atoms with Gasteiger partial charge in [-0.15, -0.1) is 0 Å². The Labute approximate surface area is 262 Å². The number of imidazole rings is 1. The minimum absolute atomic E-state index is 0.0688. The van der Waals surface area contributed by atoms with E-state index in [0.717, 1.165) is 53.9 Å². The number of fused-ring (bicyclic) bond motifs is 4. The molecule has 2 aromatic heterocycles. The van der Waals surface area contributed by atoms with Crippen LogP contribution in [0.25, 0.3) is 38.2 Å². The van der Waals surface area contributed by atoms with Gasteiger partial charge in [0.2, 0.25) is 0 Å². The molecular formula is C37H27N5O2S. The van der Waals surface area contributed by atoms with Crippen molar-refractivity contribution < 1.29 is 4.79 Å². The van der Waals surface area contributed by atoms with Gasteiger partial charge in [-0.2, -0.15) is 10.1 Å². The highest BCUT2D eigenvalue weighted by atomic mass is 32.2. The Bertz CT molecular complexity index is 2480. The predicted molar refractivity (Wildman–Crippen MR) is 184 cm³/mol. The summed E-state index contributed by atoms with van der Waals surface area (Å²) in [5, 5.41) is 12.9. The van der Waals surface area contributed by atoms with E-state index in [1.54, 1.807) is 22.4 Å². The molecule has 0 radical (unpaired) electrons. The van der Waals surface area contributed by atoms with Crippen molar-refractivity contribution in [2.75, 3.05) is 10.3 Å². The second-order valence-electron chi connectivity index (χ2n) is 11.3. The van der Waals surface area contributed by atoms with E-state index in [-0.39, 0.29) is 11.5 Å². The first-order chi connectivity index (χ1) is 21.9. The number of aromatic nitrogens is 2. The second-order valence-corrected chi connectivity index (χ2v) is 12.4. The third kappa shape index (κ3) is 4.29. The predicted octanol–water partition coefficient (Wildman–Crippen LogP) is 8.08. The van der Waals surface area contributed by atoms with E-state index < -0.39 is 0 Å². The number of nitrogens with zero attached hydrogens (tertiary/aromatic N) is 4. The monoisotopic (exact) mass is 605 g/mol. The third-order valence-corrected chi connectivity index (χ3v) is 9.66. The van der Waals surface area contributed by atoms with Crippen LogP contribution in [0, 0.1) is 13.8 Å². The average molecular weight is 606 g/mol. The van der Waals surface area contributed by atoms with Gasteiger partial charge in [0.25, 0.3) is 11.5 Å². The quantitative estimate of drug-likeness (QED) is 0.201. The summed E-state index contributed by atoms with van der Waals surface area (Å²) in [5.74, 6) is -0.173. The van der Waals surface area contributed by atoms with Crippen LogP contribution in [0.5, 0.6) is 0 Å². The first kappa shape index (κ1) is 27.1. The lowest BCUT2D eigenvalue weighted by molar-refractivity contribution is -0.114. The minimum atomic E-state index is -0.173. The number of carbonyl (C=O) groups is 1. The molecule has 1 amide bonds. The van der Waals surface area contributed by atoms with Gasteiger partial charge in [-0.3, -0.25) is 14.0 Å². The molecule has 8 heteroatoms. The highest BCUT2D eigenvalue weighted by Crippen LogP contribution is 2.41. The van der Waals surface area contributed by atoms with Crippen LogP contribution >= 0.6 is 11.8 Å². The first-order valence-electron chi connectivity index (χ1n) is 14.7. The molecule has 0 atom stereocenters. The minimum Gasteiger partial charge on any atom is -0.360 e. The number of carbonyl (C=O) groups excluding carboxylic acids is 1. The Morgan fingerprint density at radius 2 is 1.56 bits per heavy atom. The SMILES string of the molecule is CC1=NN(c2ccc(C)c(C)c2)C(=O)/C1=C/Nc1ccccc1Sc1ccc2c3c1cccc3c(=O)n1c3ccccc3nc21. The summed E-state index contributed by atoms with van der Waals surface area (Å²) in [6, 6.07) is 31.7. The molecule has 8 rings (SSSR count). The topological polar surface area (TPSA) is 79.1 Å². The van der Waals surface area contributed by atoms with E-state index in [4.69, 9.17) is 4.98 Å². The van der Waals surface area contributed by atoms with Crippen molar-refractivity contribution in [3.8, 4) is 0 Å². The van der Waals surface area contributed by atoms with Crippen LogP contribution in [-0.2, 0) is 4.79 Å². The van der Waals surface area contributed by atoms with Crippen LogP contribution in [0.4, 0.5) is 11.4 Å². The number of rotatable bonds is 5. The number of hydrazone groups is 1. The van der Waals surface area contributed by atoms with Crippen molar-refractivity contribution in [3.05, 3.63) is 130 Å². The number of hydrogen-bond acceptors (Lipinski definition) is 6. The van der Waals surface area contributed by atoms with E-state index in [0.29, 0.717) is 22.3 Å². The molecule has 1 aliphatic rings. The van der Waals surface area contributed by atoms with Gasteiger partial charge in [-0.1, -0.05) is 54.2 Å². The zero-order chi connectivity index (χ0) is 30.8. The smallest absolute Gasteiger partial charge is 0.282 e.